The number of carboxylic acids is 2. The fourth-order valence-electron chi connectivity index (χ4n) is 3.76. The maximum absolute atomic E-state index is 11.6. The monoisotopic (exact) mass is 405 g/mol. The molecule has 1 aromatic heterocycles. The van der Waals surface area contributed by atoms with Gasteiger partial charge in [-0.05, 0) is 53.8 Å². The van der Waals surface area contributed by atoms with E-state index < -0.39 is 11.9 Å². The van der Waals surface area contributed by atoms with Crippen molar-refractivity contribution in [2.24, 2.45) is 0 Å². The number of hydrogen-bond acceptors (Lipinski definition) is 4. The minimum absolute atomic E-state index is 0.191. The number of nitrogens with zero attached hydrogens (tertiary/aromatic N) is 1. The molecule has 0 aliphatic carbocycles. The van der Waals surface area contributed by atoms with E-state index in [0.717, 1.165) is 27.8 Å². The number of carbonyl (C=O) groups is 2. The maximum Gasteiger partial charge on any atom is 0.335 e. The Morgan fingerprint density at radius 1 is 0.800 bits per heavy atom. The molecule has 6 heteroatoms. The number of pyridine rings is 1. The van der Waals surface area contributed by atoms with E-state index in [1.165, 1.54) is 12.1 Å². The number of hydrogen-bond donors (Lipinski definition) is 3. The van der Waals surface area contributed by atoms with Crippen LogP contribution in [0, 0.1) is 0 Å². The molecule has 0 fully saturated rings. The van der Waals surface area contributed by atoms with Gasteiger partial charge in [-0.1, -0.05) is 38.1 Å². The summed E-state index contributed by atoms with van der Waals surface area (Å²) < 4.78 is 0. The van der Waals surface area contributed by atoms with Crippen LogP contribution in [0.25, 0.3) is 22.4 Å². The molecule has 0 spiro atoms. The van der Waals surface area contributed by atoms with Gasteiger partial charge in [0.25, 0.3) is 0 Å². The predicted octanol–water partition coefficient (Wildman–Crippen LogP) is 4.43. The molecular weight excluding hydrogens is 382 g/mol. The Kier molecular flexibility index (Phi) is 6.28. The molecule has 3 aromatic rings. The normalized spacial score (nSPS) is 10.8. The van der Waals surface area contributed by atoms with E-state index in [9.17, 15) is 19.8 Å². The standard InChI is InChI=1S/C24H23NO5/c1-3-16-17(4-2)20(24(29)30)10-9-18(16)19-11-12-21(25-22(19)13-26)14-5-7-15(8-6-14)23(27)28/h5-12,26H,3-4,13H2,1-2H3,(H,27,28)(H,29,30). The third-order valence-electron chi connectivity index (χ3n) is 5.21. The predicted molar refractivity (Wildman–Crippen MR) is 114 cm³/mol. The first-order chi connectivity index (χ1) is 14.4. The van der Waals surface area contributed by atoms with E-state index in [4.69, 9.17) is 5.11 Å². The van der Waals surface area contributed by atoms with Crippen LogP contribution in [-0.4, -0.2) is 32.2 Å². The molecule has 6 nitrogen and oxygen atoms in total. The van der Waals surface area contributed by atoms with Crippen LogP contribution in [0.3, 0.4) is 0 Å². The van der Waals surface area contributed by atoms with Crippen molar-refractivity contribution in [1.29, 1.82) is 0 Å². The third-order valence-corrected chi connectivity index (χ3v) is 5.21. The van der Waals surface area contributed by atoms with Gasteiger partial charge in [-0.15, -0.1) is 0 Å². The zero-order valence-electron chi connectivity index (χ0n) is 16.8. The average Bonchev–Trinajstić information content (AvgIpc) is 2.77. The summed E-state index contributed by atoms with van der Waals surface area (Å²) in [6, 6.07) is 13.5. The molecule has 0 bridgehead atoms. The molecule has 3 N–H and O–H groups in total. The molecule has 30 heavy (non-hydrogen) atoms. The molecule has 0 atom stereocenters. The molecule has 0 aliphatic heterocycles. The van der Waals surface area contributed by atoms with Gasteiger partial charge in [0.05, 0.1) is 29.1 Å². The van der Waals surface area contributed by atoms with Gasteiger partial charge in [0, 0.05) is 11.1 Å². The SMILES string of the molecule is CCc1c(C(=O)O)ccc(-c2ccc(-c3ccc(C(=O)O)cc3)nc2CO)c1CC. The summed E-state index contributed by atoms with van der Waals surface area (Å²) in [5.74, 6) is -1.95. The number of carboxylic acid groups (broad SMARTS) is 2. The molecule has 0 saturated heterocycles. The Hall–Kier alpha value is -3.51. The highest BCUT2D eigenvalue weighted by atomic mass is 16.4. The second kappa shape index (κ2) is 8.88. The number of aliphatic hydroxyl groups excluding tert-OH is 1. The van der Waals surface area contributed by atoms with Crippen molar-refractivity contribution in [2.75, 3.05) is 0 Å². The highest BCUT2D eigenvalue weighted by molar-refractivity contribution is 5.91. The van der Waals surface area contributed by atoms with E-state index in [1.54, 1.807) is 24.3 Å². The summed E-state index contributed by atoms with van der Waals surface area (Å²) in [4.78, 5) is 27.2. The van der Waals surface area contributed by atoms with Gasteiger partial charge in [0.1, 0.15) is 0 Å². The minimum atomic E-state index is -0.996. The molecule has 1 heterocycles. The Morgan fingerprint density at radius 2 is 1.43 bits per heavy atom. The van der Waals surface area contributed by atoms with Crippen molar-refractivity contribution >= 4 is 11.9 Å². The van der Waals surface area contributed by atoms with Crippen molar-refractivity contribution in [2.45, 2.75) is 33.3 Å². The van der Waals surface area contributed by atoms with Crippen LogP contribution in [0.2, 0.25) is 0 Å². The van der Waals surface area contributed by atoms with Crippen LogP contribution in [0.5, 0.6) is 0 Å². The second-order valence-electron chi connectivity index (χ2n) is 6.86. The lowest BCUT2D eigenvalue weighted by Crippen LogP contribution is -2.07. The number of aromatic carboxylic acids is 2. The molecular formula is C24H23NO5. The van der Waals surface area contributed by atoms with E-state index >= 15 is 0 Å². The summed E-state index contributed by atoms with van der Waals surface area (Å²) in [7, 11) is 0. The molecule has 154 valence electrons. The van der Waals surface area contributed by atoms with Gasteiger partial charge >= 0.3 is 11.9 Å². The largest absolute Gasteiger partial charge is 0.478 e. The smallest absolute Gasteiger partial charge is 0.335 e. The van der Waals surface area contributed by atoms with E-state index in [-0.39, 0.29) is 12.2 Å². The average molecular weight is 405 g/mol. The minimum Gasteiger partial charge on any atom is -0.478 e. The summed E-state index contributed by atoms with van der Waals surface area (Å²) >= 11 is 0. The summed E-state index contributed by atoms with van der Waals surface area (Å²) in [6.07, 6.45) is 1.25. The second-order valence-corrected chi connectivity index (χ2v) is 6.86. The Labute approximate surface area is 174 Å². The first-order valence-corrected chi connectivity index (χ1v) is 9.74. The van der Waals surface area contributed by atoms with Crippen LogP contribution in [0.15, 0.2) is 48.5 Å². The lowest BCUT2D eigenvalue weighted by atomic mass is 9.88. The van der Waals surface area contributed by atoms with Gasteiger partial charge in [0.15, 0.2) is 0 Å². The van der Waals surface area contributed by atoms with Crippen molar-refractivity contribution < 1.29 is 24.9 Å². The zero-order chi connectivity index (χ0) is 21.8. The van der Waals surface area contributed by atoms with Gasteiger partial charge in [-0.25, -0.2) is 14.6 Å². The third kappa shape index (κ3) is 3.95. The quantitative estimate of drug-likeness (QED) is 0.537. The molecule has 0 aliphatic rings. The summed E-state index contributed by atoms with van der Waals surface area (Å²) in [5, 5.41) is 28.5. The molecule has 0 radical (unpaired) electrons. The van der Waals surface area contributed by atoms with Crippen molar-refractivity contribution in [1.82, 2.24) is 4.98 Å². The highest BCUT2D eigenvalue weighted by Gasteiger charge is 2.18. The van der Waals surface area contributed by atoms with E-state index in [0.29, 0.717) is 29.8 Å². The summed E-state index contributed by atoms with van der Waals surface area (Å²) in [5.41, 5.74) is 5.68. The topological polar surface area (TPSA) is 108 Å². The Bertz CT molecular complexity index is 1100. The lowest BCUT2D eigenvalue weighted by Gasteiger charge is -2.17. The zero-order valence-corrected chi connectivity index (χ0v) is 16.8. The summed E-state index contributed by atoms with van der Waals surface area (Å²) in [6.45, 7) is 3.63. The van der Waals surface area contributed by atoms with Crippen LogP contribution >= 0.6 is 0 Å². The molecule has 2 aromatic carbocycles. The maximum atomic E-state index is 11.6. The van der Waals surface area contributed by atoms with Crippen LogP contribution in [0.1, 0.15) is 51.4 Å². The van der Waals surface area contributed by atoms with Gasteiger partial charge in [0.2, 0.25) is 0 Å². The Morgan fingerprint density at radius 3 is 1.97 bits per heavy atom. The molecule has 0 amide bonds. The number of benzene rings is 2. The molecule has 3 rings (SSSR count). The number of aliphatic hydroxyl groups is 1. The van der Waals surface area contributed by atoms with Crippen molar-refractivity contribution in [3.63, 3.8) is 0 Å². The van der Waals surface area contributed by atoms with Crippen LogP contribution < -0.4 is 0 Å². The first kappa shape index (κ1) is 21.2. The fourth-order valence-corrected chi connectivity index (χ4v) is 3.76. The molecule has 0 unspecified atom stereocenters. The number of rotatable bonds is 7. The first-order valence-electron chi connectivity index (χ1n) is 9.74. The van der Waals surface area contributed by atoms with Gasteiger partial charge in [-0.2, -0.15) is 0 Å². The van der Waals surface area contributed by atoms with Gasteiger partial charge < -0.3 is 15.3 Å². The fraction of sp³-hybridized carbons (Fsp3) is 0.208. The Balaban J connectivity index is 2.12. The van der Waals surface area contributed by atoms with Crippen LogP contribution in [0.4, 0.5) is 0 Å². The van der Waals surface area contributed by atoms with Crippen LogP contribution in [-0.2, 0) is 19.4 Å². The van der Waals surface area contributed by atoms with Crippen molar-refractivity contribution in [3.8, 4) is 22.4 Å². The highest BCUT2D eigenvalue weighted by Crippen LogP contribution is 2.33. The van der Waals surface area contributed by atoms with E-state index in [1.807, 2.05) is 26.0 Å². The number of aromatic nitrogens is 1. The lowest BCUT2D eigenvalue weighted by molar-refractivity contribution is 0.0685. The van der Waals surface area contributed by atoms with Gasteiger partial charge in [-0.3, -0.25) is 0 Å². The van der Waals surface area contributed by atoms with Crippen molar-refractivity contribution in [3.05, 3.63) is 76.5 Å². The van der Waals surface area contributed by atoms with E-state index in [2.05, 4.69) is 4.98 Å². The molecule has 0 saturated carbocycles.